The molecule has 1 aliphatic heterocycles. The Labute approximate surface area is 75.0 Å². The van der Waals surface area contributed by atoms with Crippen LogP contribution in [0.25, 0.3) is 0 Å². The molecule has 1 aliphatic rings. The van der Waals surface area contributed by atoms with Gasteiger partial charge in [-0.15, -0.1) is 0 Å². The molecule has 1 rings (SSSR count). The van der Waals surface area contributed by atoms with Crippen molar-refractivity contribution >= 4 is 0 Å². The van der Waals surface area contributed by atoms with Crippen molar-refractivity contribution in [2.24, 2.45) is 0 Å². The summed E-state index contributed by atoms with van der Waals surface area (Å²) < 4.78 is 0. The lowest BCUT2D eigenvalue weighted by Crippen LogP contribution is -2.47. The summed E-state index contributed by atoms with van der Waals surface area (Å²) in [6, 6.07) is 0. The van der Waals surface area contributed by atoms with Crippen LogP contribution < -0.4 is 0 Å². The zero-order valence-corrected chi connectivity index (χ0v) is 8.00. The Morgan fingerprint density at radius 2 is 1.50 bits per heavy atom. The molecule has 0 saturated carbocycles. The second-order valence-corrected chi connectivity index (χ2v) is 3.41. The van der Waals surface area contributed by atoms with E-state index in [9.17, 15) is 0 Å². The van der Waals surface area contributed by atoms with E-state index in [1.54, 1.807) is 0 Å². The van der Waals surface area contributed by atoms with Crippen LogP contribution in [0, 0.1) is 0 Å². The van der Waals surface area contributed by atoms with E-state index < -0.39 is 0 Å². The van der Waals surface area contributed by atoms with Gasteiger partial charge >= 0.3 is 0 Å². The van der Waals surface area contributed by atoms with Crippen molar-refractivity contribution in [1.29, 1.82) is 0 Å². The van der Waals surface area contributed by atoms with E-state index in [-0.39, 0.29) is 0 Å². The zero-order valence-electron chi connectivity index (χ0n) is 8.00. The lowest BCUT2D eigenvalue weighted by Gasteiger charge is -2.34. The average molecular weight is 172 g/mol. The fourth-order valence-corrected chi connectivity index (χ4v) is 1.69. The number of hydrogen-bond donors (Lipinski definition) is 1. The molecule has 0 radical (unpaired) electrons. The molecule has 0 bridgehead atoms. The van der Waals surface area contributed by atoms with Gasteiger partial charge in [0.05, 0.1) is 6.61 Å². The van der Waals surface area contributed by atoms with Crippen LogP contribution in [0.3, 0.4) is 0 Å². The quantitative estimate of drug-likeness (QED) is 0.647. The first-order valence-electron chi connectivity index (χ1n) is 4.92. The minimum Gasteiger partial charge on any atom is -0.395 e. The van der Waals surface area contributed by atoms with Gasteiger partial charge in [0.1, 0.15) is 0 Å². The number of rotatable bonds is 4. The third-order valence-electron chi connectivity index (χ3n) is 2.42. The Hall–Kier alpha value is -0.120. The van der Waals surface area contributed by atoms with Crippen LogP contribution in [-0.2, 0) is 0 Å². The number of β-amino-alcohol motifs (C(OH)–C–C–N with tert-alkyl or cyclic N) is 1. The van der Waals surface area contributed by atoms with Crippen LogP contribution in [0.2, 0.25) is 0 Å². The summed E-state index contributed by atoms with van der Waals surface area (Å²) in [6.45, 7) is 9.20. The first kappa shape index (κ1) is 9.96. The van der Waals surface area contributed by atoms with Gasteiger partial charge in [0, 0.05) is 32.7 Å². The first-order valence-corrected chi connectivity index (χ1v) is 4.92. The van der Waals surface area contributed by atoms with Gasteiger partial charge in [-0.25, -0.2) is 0 Å². The second-order valence-electron chi connectivity index (χ2n) is 3.41. The summed E-state index contributed by atoms with van der Waals surface area (Å²) in [5, 5.41) is 8.73. The van der Waals surface area contributed by atoms with Crippen molar-refractivity contribution < 1.29 is 5.11 Å². The minimum atomic E-state index is 0.299. The number of aliphatic hydroxyl groups is 1. The van der Waals surface area contributed by atoms with Crippen molar-refractivity contribution in [3.63, 3.8) is 0 Å². The molecule has 1 heterocycles. The Bertz CT molecular complexity index is 97.1. The summed E-state index contributed by atoms with van der Waals surface area (Å²) in [4.78, 5) is 4.82. The molecule has 3 nitrogen and oxygen atoms in total. The molecule has 0 amide bonds. The standard InChI is InChI=1S/C9H20N2O/c1-2-3-10-4-6-11(7-5-10)8-9-12/h12H,2-9H2,1H3. The largest absolute Gasteiger partial charge is 0.395 e. The Kier molecular flexibility index (Phi) is 4.58. The average Bonchev–Trinajstić information content (AvgIpc) is 2.09. The van der Waals surface area contributed by atoms with Crippen LogP contribution in [0.1, 0.15) is 13.3 Å². The maximum absolute atomic E-state index is 8.73. The van der Waals surface area contributed by atoms with E-state index in [4.69, 9.17) is 5.11 Å². The molecule has 0 aromatic carbocycles. The predicted molar refractivity (Wildman–Crippen MR) is 50.3 cm³/mol. The molecule has 0 spiro atoms. The monoisotopic (exact) mass is 172 g/mol. The van der Waals surface area contributed by atoms with E-state index in [2.05, 4.69) is 16.7 Å². The smallest absolute Gasteiger partial charge is 0.0558 e. The van der Waals surface area contributed by atoms with Crippen LogP contribution >= 0.6 is 0 Å². The molecule has 72 valence electrons. The second kappa shape index (κ2) is 5.51. The first-order chi connectivity index (χ1) is 5.86. The maximum atomic E-state index is 8.73. The number of nitrogens with zero attached hydrogens (tertiary/aromatic N) is 2. The Morgan fingerprint density at radius 3 is 1.92 bits per heavy atom. The van der Waals surface area contributed by atoms with E-state index in [0.717, 1.165) is 19.6 Å². The number of piperazine rings is 1. The van der Waals surface area contributed by atoms with Gasteiger partial charge in [-0.05, 0) is 13.0 Å². The van der Waals surface area contributed by atoms with Crippen LogP contribution in [-0.4, -0.2) is 60.8 Å². The van der Waals surface area contributed by atoms with E-state index in [1.165, 1.54) is 26.1 Å². The lowest BCUT2D eigenvalue weighted by atomic mass is 10.3. The van der Waals surface area contributed by atoms with Gasteiger partial charge in [0.25, 0.3) is 0 Å². The highest BCUT2D eigenvalue weighted by atomic mass is 16.3. The van der Waals surface area contributed by atoms with Crippen molar-refractivity contribution in [1.82, 2.24) is 9.80 Å². The highest BCUT2D eigenvalue weighted by Crippen LogP contribution is 2.01. The molecular formula is C9H20N2O. The molecule has 0 unspecified atom stereocenters. The number of aliphatic hydroxyl groups excluding tert-OH is 1. The molecule has 0 aliphatic carbocycles. The fraction of sp³-hybridized carbons (Fsp3) is 1.00. The van der Waals surface area contributed by atoms with Crippen molar-refractivity contribution in [3.8, 4) is 0 Å². The molecule has 0 aromatic heterocycles. The molecule has 0 atom stereocenters. The van der Waals surface area contributed by atoms with Gasteiger partial charge in [0.2, 0.25) is 0 Å². The molecule has 1 saturated heterocycles. The van der Waals surface area contributed by atoms with Crippen molar-refractivity contribution in [3.05, 3.63) is 0 Å². The van der Waals surface area contributed by atoms with E-state index in [0.29, 0.717) is 6.61 Å². The topological polar surface area (TPSA) is 26.7 Å². The van der Waals surface area contributed by atoms with Gasteiger partial charge in [-0.1, -0.05) is 6.92 Å². The summed E-state index contributed by atoms with van der Waals surface area (Å²) >= 11 is 0. The summed E-state index contributed by atoms with van der Waals surface area (Å²) in [7, 11) is 0. The highest BCUT2D eigenvalue weighted by Gasteiger charge is 2.14. The molecular weight excluding hydrogens is 152 g/mol. The molecule has 0 aromatic rings. The van der Waals surface area contributed by atoms with E-state index in [1.807, 2.05) is 0 Å². The maximum Gasteiger partial charge on any atom is 0.0558 e. The molecule has 1 N–H and O–H groups in total. The minimum absolute atomic E-state index is 0.299. The van der Waals surface area contributed by atoms with Gasteiger partial charge < -0.3 is 10.0 Å². The summed E-state index contributed by atoms with van der Waals surface area (Å²) in [5.74, 6) is 0. The van der Waals surface area contributed by atoms with Crippen LogP contribution in [0.15, 0.2) is 0 Å². The molecule has 3 heteroatoms. The molecule has 1 fully saturated rings. The lowest BCUT2D eigenvalue weighted by molar-refractivity contribution is 0.113. The Morgan fingerprint density at radius 1 is 1.00 bits per heavy atom. The highest BCUT2D eigenvalue weighted by molar-refractivity contribution is 4.70. The van der Waals surface area contributed by atoms with Crippen molar-refractivity contribution in [2.45, 2.75) is 13.3 Å². The van der Waals surface area contributed by atoms with Crippen LogP contribution in [0.5, 0.6) is 0 Å². The van der Waals surface area contributed by atoms with Crippen LogP contribution in [0.4, 0.5) is 0 Å². The van der Waals surface area contributed by atoms with Crippen molar-refractivity contribution in [2.75, 3.05) is 45.9 Å². The van der Waals surface area contributed by atoms with Gasteiger partial charge in [0.15, 0.2) is 0 Å². The predicted octanol–water partition coefficient (Wildman–Crippen LogP) is 0.00630. The Balaban J connectivity index is 2.11. The zero-order chi connectivity index (χ0) is 8.81. The third kappa shape index (κ3) is 3.09. The fourth-order valence-electron chi connectivity index (χ4n) is 1.69. The van der Waals surface area contributed by atoms with E-state index >= 15 is 0 Å². The summed E-state index contributed by atoms with van der Waals surface area (Å²) in [6.07, 6.45) is 1.25. The van der Waals surface area contributed by atoms with Gasteiger partial charge in [-0.2, -0.15) is 0 Å². The summed E-state index contributed by atoms with van der Waals surface area (Å²) in [5.41, 5.74) is 0. The molecule has 12 heavy (non-hydrogen) atoms. The third-order valence-corrected chi connectivity index (χ3v) is 2.42. The SMILES string of the molecule is CCCN1CCN(CCO)CC1. The normalized spacial score (nSPS) is 21.5. The van der Waals surface area contributed by atoms with Gasteiger partial charge in [-0.3, -0.25) is 4.90 Å². The number of hydrogen-bond acceptors (Lipinski definition) is 3.